The van der Waals surface area contributed by atoms with Gasteiger partial charge in [0.05, 0.1) is 21.6 Å². The maximum atomic E-state index is 11.2. The molecule has 138 valence electrons. The Kier molecular flexibility index (Phi) is 4.77. The lowest BCUT2D eigenvalue weighted by atomic mass is 10.1. The van der Waals surface area contributed by atoms with Crippen LogP contribution in [0.2, 0.25) is 0 Å². The van der Waals surface area contributed by atoms with Crippen LogP contribution < -0.4 is 5.43 Å². The molecule has 0 aliphatic heterocycles. The summed E-state index contributed by atoms with van der Waals surface area (Å²) in [5.74, 6) is 0.557. The Balaban J connectivity index is 1.68. The number of hydrazone groups is 1. The number of rotatable bonds is 5. The van der Waals surface area contributed by atoms with Crippen molar-refractivity contribution in [1.82, 2.24) is 9.97 Å². The van der Waals surface area contributed by atoms with E-state index in [9.17, 15) is 10.1 Å². The number of nitrogens with zero attached hydrogens (tertiary/aromatic N) is 4. The first-order valence-corrected chi connectivity index (χ1v) is 9.29. The number of nitrogens with one attached hydrogen (secondary N) is 1. The number of nitro benzene ring substituents is 1. The molecule has 0 amide bonds. The Labute approximate surface area is 164 Å². The zero-order valence-corrected chi connectivity index (χ0v) is 15.7. The molecule has 0 spiro atoms. The molecule has 1 N–H and O–H groups in total. The largest absolute Gasteiger partial charge is 0.278 e. The molecule has 2 aromatic heterocycles. The number of aromatic nitrogens is 2. The minimum atomic E-state index is -0.414. The third-order valence-corrected chi connectivity index (χ3v) is 5.30. The molecule has 2 aromatic carbocycles. The van der Waals surface area contributed by atoms with Crippen LogP contribution in [0, 0.1) is 10.1 Å². The van der Waals surface area contributed by atoms with E-state index >= 15 is 0 Å². The third kappa shape index (κ3) is 3.45. The van der Waals surface area contributed by atoms with Crippen LogP contribution in [0.1, 0.15) is 12.5 Å². The standard InChI is InChI=1S/C20H15N5O2S/c1-13(15-9-5-6-10-17(15)25(26)27)23-24-19-16-11-18(14-7-3-2-4-8-14)28-20(16)22-12-21-19/h2-12H,1H3,(H,21,22,24)/b23-13-. The van der Waals surface area contributed by atoms with Gasteiger partial charge in [-0.15, -0.1) is 11.3 Å². The van der Waals surface area contributed by atoms with E-state index in [-0.39, 0.29) is 5.69 Å². The SMILES string of the molecule is C/C(=N/Nc1ncnc2sc(-c3ccccc3)cc12)c1ccccc1[N+](=O)[O-]. The van der Waals surface area contributed by atoms with Crippen LogP contribution in [0.4, 0.5) is 11.5 Å². The van der Waals surface area contributed by atoms with Crippen molar-refractivity contribution in [2.24, 2.45) is 5.10 Å². The van der Waals surface area contributed by atoms with Crippen molar-refractivity contribution in [2.75, 3.05) is 5.43 Å². The monoisotopic (exact) mass is 389 g/mol. The van der Waals surface area contributed by atoms with Crippen molar-refractivity contribution in [3.05, 3.63) is 82.7 Å². The highest BCUT2D eigenvalue weighted by Gasteiger charge is 2.15. The molecule has 2 heterocycles. The molecule has 28 heavy (non-hydrogen) atoms. The topological polar surface area (TPSA) is 93.3 Å². The molecule has 0 unspecified atom stereocenters. The molecule has 0 radical (unpaired) electrons. The summed E-state index contributed by atoms with van der Waals surface area (Å²) in [5, 5.41) is 16.4. The number of nitro groups is 1. The van der Waals surface area contributed by atoms with E-state index < -0.39 is 4.92 Å². The van der Waals surface area contributed by atoms with Crippen LogP contribution in [0.3, 0.4) is 0 Å². The summed E-state index contributed by atoms with van der Waals surface area (Å²) in [6, 6.07) is 18.6. The zero-order chi connectivity index (χ0) is 19.5. The molecular weight excluding hydrogens is 374 g/mol. The number of fused-ring (bicyclic) bond motifs is 1. The van der Waals surface area contributed by atoms with Gasteiger partial charge in [0.25, 0.3) is 5.69 Å². The van der Waals surface area contributed by atoms with Gasteiger partial charge in [0, 0.05) is 10.9 Å². The van der Waals surface area contributed by atoms with E-state index in [1.807, 2.05) is 36.4 Å². The van der Waals surface area contributed by atoms with Crippen molar-refractivity contribution in [1.29, 1.82) is 0 Å². The fraction of sp³-hybridized carbons (Fsp3) is 0.0500. The molecule has 7 nitrogen and oxygen atoms in total. The average molecular weight is 389 g/mol. The summed E-state index contributed by atoms with van der Waals surface area (Å²) in [7, 11) is 0. The van der Waals surface area contributed by atoms with Crippen LogP contribution in [-0.4, -0.2) is 20.6 Å². The predicted molar refractivity (Wildman–Crippen MR) is 112 cm³/mol. The maximum Gasteiger partial charge on any atom is 0.278 e. The zero-order valence-electron chi connectivity index (χ0n) is 14.9. The van der Waals surface area contributed by atoms with Gasteiger partial charge < -0.3 is 0 Å². The Morgan fingerprint density at radius 2 is 1.86 bits per heavy atom. The van der Waals surface area contributed by atoms with Crippen LogP contribution in [0.5, 0.6) is 0 Å². The van der Waals surface area contributed by atoms with Gasteiger partial charge in [-0.05, 0) is 24.6 Å². The van der Waals surface area contributed by atoms with E-state index in [0.717, 1.165) is 20.7 Å². The van der Waals surface area contributed by atoms with E-state index in [1.165, 1.54) is 12.4 Å². The molecule has 0 fully saturated rings. The Hall–Kier alpha value is -3.65. The van der Waals surface area contributed by atoms with Crippen molar-refractivity contribution >= 4 is 38.8 Å². The maximum absolute atomic E-state index is 11.2. The molecule has 0 saturated carbocycles. The highest BCUT2D eigenvalue weighted by Crippen LogP contribution is 2.34. The van der Waals surface area contributed by atoms with Crippen molar-refractivity contribution in [3.63, 3.8) is 0 Å². The average Bonchev–Trinajstić information content (AvgIpc) is 3.17. The molecule has 0 aliphatic carbocycles. The Morgan fingerprint density at radius 3 is 2.64 bits per heavy atom. The van der Waals surface area contributed by atoms with Crippen molar-refractivity contribution in [2.45, 2.75) is 6.92 Å². The number of benzene rings is 2. The predicted octanol–water partition coefficient (Wildman–Crippen LogP) is 5.10. The summed E-state index contributed by atoms with van der Waals surface area (Å²) >= 11 is 1.57. The molecule has 0 bridgehead atoms. The summed E-state index contributed by atoms with van der Waals surface area (Å²) in [6.45, 7) is 1.72. The fourth-order valence-corrected chi connectivity index (χ4v) is 3.83. The normalized spacial score (nSPS) is 11.5. The number of hydrogen-bond donors (Lipinski definition) is 1. The van der Waals surface area contributed by atoms with Gasteiger partial charge >= 0.3 is 0 Å². The smallest absolute Gasteiger partial charge is 0.260 e. The molecule has 4 aromatic rings. The number of anilines is 1. The third-order valence-electron chi connectivity index (χ3n) is 4.21. The minimum Gasteiger partial charge on any atom is -0.260 e. The first kappa shape index (κ1) is 17.7. The number of hydrogen-bond acceptors (Lipinski definition) is 7. The van der Waals surface area contributed by atoms with E-state index in [1.54, 1.807) is 36.5 Å². The van der Waals surface area contributed by atoms with Crippen LogP contribution >= 0.6 is 11.3 Å². The van der Waals surface area contributed by atoms with Gasteiger partial charge in [0.2, 0.25) is 0 Å². The molecular formula is C20H15N5O2S. The summed E-state index contributed by atoms with van der Waals surface area (Å²) in [5.41, 5.74) is 5.02. The Morgan fingerprint density at radius 1 is 1.11 bits per heavy atom. The first-order chi connectivity index (χ1) is 13.6. The molecule has 0 aliphatic rings. The van der Waals surface area contributed by atoms with Crippen LogP contribution in [0.25, 0.3) is 20.7 Å². The van der Waals surface area contributed by atoms with E-state index in [4.69, 9.17) is 0 Å². The molecule has 8 heteroatoms. The van der Waals surface area contributed by atoms with Gasteiger partial charge in [-0.2, -0.15) is 5.10 Å². The molecule has 0 atom stereocenters. The number of para-hydroxylation sites is 1. The van der Waals surface area contributed by atoms with Crippen LogP contribution in [0.15, 0.2) is 72.1 Å². The van der Waals surface area contributed by atoms with Gasteiger partial charge in [-0.25, -0.2) is 9.97 Å². The highest BCUT2D eigenvalue weighted by molar-refractivity contribution is 7.21. The summed E-state index contributed by atoms with van der Waals surface area (Å²) in [6.07, 6.45) is 1.48. The highest BCUT2D eigenvalue weighted by atomic mass is 32.1. The second-order valence-corrected chi connectivity index (χ2v) is 7.03. The van der Waals surface area contributed by atoms with E-state index in [2.05, 4.69) is 20.5 Å². The number of thiophene rings is 1. The van der Waals surface area contributed by atoms with Gasteiger partial charge in [-0.1, -0.05) is 42.5 Å². The van der Waals surface area contributed by atoms with Crippen LogP contribution in [-0.2, 0) is 0 Å². The lowest BCUT2D eigenvalue weighted by molar-refractivity contribution is -0.385. The fourth-order valence-electron chi connectivity index (χ4n) is 2.83. The van der Waals surface area contributed by atoms with Gasteiger partial charge in [-0.3, -0.25) is 15.5 Å². The van der Waals surface area contributed by atoms with E-state index in [0.29, 0.717) is 17.1 Å². The minimum absolute atomic E-state index is 0.0141. The second-order valence-electron chi connectivity index (χ2n) is 6.00. The van der Waals surface area contributed by atoms with Gasteiger partial charge in [0.15, 0.2) is 5.82 Å². The molecule has 0 saturated heterocycles. The lowest BCUT2D eigenvalue weighted by Gasteiger charge is -2.04. The van der Waals surface area contributed by atoms with Gasteiger partial charge in [0.1, 0.15) is 11.2 Å². The summed E-state index contributed by atoms with van der Waals surface area (Å²) in [4.78, 5) is 21.4. The van der Waals surface area contributed by atoms with Crippen molar-refractivity contribution < 1.29 is 4.92 Å². The first-order valence-electron chi connectivity index (χ1n) is 8.47. The Bertz CT molecular complexity index is 1190. The van der Waals surface area contributed by atoms with Crippen molar-refractivity contribution in [3.8, 4) is 10.4 Å². The molecule has 4 rings (SSSR count). The second kappa shape index (κ2) is 7.53. The quantitative estimate of drug-likeness (QED) is 0.291. The summed E-state index contributed by atoms with van der Waals surface area (Å²) < 4.78 is 0. The lowest BCUT2D eigenvalue weighted by Crippen LogP contribution is -2.04.